The van der Waals surface area contributed by atoms with Crippen molar-refractivity contribution in [1.82, 2.24) is 4.98 Å². The number of benzene rings is 1. The third-order valence-electron chi connectivity index (χ3n) is 4.59. The lowest BCUT2D eigenvalue weighted by molar-refractivity contribution is -0.117. The molecule has 1 aliphatic rings. The van der Waals surface area contributed by atoms with E-state index in [0.717, 1.165) is 0 Å². The Morgan fingerprint density at radius 3 is 2.59 bits per heavy atom. The first kappa shape index (κ1) is 18.5. The highest BCUT2D eigenvalue weighted by Crippen LogP contribution is 2.41. The van der Waals surface area contributed by atoms with Crippen LogP contribution in [0.5, 0.6) is 5.75 Å². The van der Waals surface area contributed by atoms with Crippen LogP contribution < -0.4 is 9.64 Å². The van der Waals surface area contributed by atoms with Crippen LogP contribution in [-0.2, 0) is 4.79 Å². The Labute approximate surface area is 166 Å². The summed E-state index contributed by atoms with van der Waals surface area (Å²) in [6.07, 6.45) is 2.93. The maximum absolute atomic E-state index is 13.0. The lowest BCUT2D eigenvalue weighted by Gasteiger charge is -2.26. The molecule has 1 unspecified atom stereocenters. The highest BCUT2D eigenvalue weighted by molar-refractivity contribution is 6.20. The summed E-state index contributed by atoms with van der Waals surface area (Å²) in [5, 5.41) is 10.6. The van der Waals surface area contributed by atoms with Crippen LogP contribution in [0.3, 0.4) is 0 Å². The Balaban J connectivity index is 1.81. The molecule has 1 atom stereocenters. The fourth-order valence-electron chi connectivity index (χ4n) is 3.33. The predicted octanol–water partition coefficient (Wildman–Crippen LogP) is 3.86. The van der Waals surface area contributed by atoms with Crippen LogP contribution in [0.25, 0.3) is 0 Å². The number of aliphatic hydroxyl groups is 1. The van der Waals surface area contributed by atoms with Crippen molar-refractivity contribution in [3.63, 3.8) is 0 Å². The number of carbonyl (C=O) groups excluding carboxylic acids is 2. The van der Waals surface area contributed by atoms with Crippen LogP contribution in [0, 0.1) is 0 Å². The lowest BCUT2D eigenvalue weighted by atomic mass is 9.98. The van der Waals surface area contributed by atoms with Gasteiger partial charge in [-0.25, -0.2) is 0 Å². The molecule has 29 heavy (non-hydrogen) atoms. The first-order chi connectivity index (χ1) is 14.1. The molecule has 2 aromatic heterocycles. The van der Waals surface area contributed by atoms with Crippen molar-refractivity contribution in [2.45, 2.75) is 13.0 Å². The molecule has 1 N–H and O–H groups in total. The molecule has 3 heterocycles. The van der Waals surface area contributed by atoms with Gasteiger partial charge >= 0.3 is 0 Å². The van der Waals surface area contributed by atoms with Gasteiger partial charge in [0.1, 0.15) is 11.8 Å². The van der Waals surface area contributed by atoms with Crippen molar-refractivity contribution in [3.05, 3.63) is 89.8 Å². The molecule has 7 heteroatoms. The zero-order valence-corrected chi connectivity index (χ0v) is 15.6. The van der Waals surface area contributed by atoms with Crippen molar-refractivity contribution in [2.75, 3.05) is 11.5 Å². The molecule has 146 valence electrons. The number of aliphatic hydroxyl groups excluding tert-OH is 1. The number of pyridine rings is 1. The van der Waals surface area contributed by atoms with Crippen molar-refractivity contribution >= 4 is 17.4 Å². The summed E-state index contributed by atoms with van der Waals surface area (Å²) in [5.74, 6) is -1.17. The van der Waals surface area contributed by atoms with Gasteiger partial charge in [0, 0.05) is 11.9 Å². The summed E-state index contributed by atoms with van der Waals surface area (Å²) in [6.45, 7) is 2.40. The van der Waals surface area contributed by atoms with Crippen LogP contribution in [0.4, 0.5) is 5.69 Å². The van der Waals surface area contributed by atoms with E-state index in [-0.39, 0.29) is 11.3 Å². The van der Waals surface area contributed by atoms with E-state index in [1.54, 1.807) is 54.7 Å². The van der Waals surface area contributed by atoms with Gasteiger partial charge in [0.05, 0.1) is 24.1 Å². The van der Waals surface area contributed by atoms with Gasteiger partial charge in [0.15, 0.2) is 11.5 Å². The molecule has 0 aliphatic carbocycles. The van der Waals surface area contributed by atoms with E-state index in [2.05, 4.69) is 4.98 Å². The lowest BCUT2D eigenvalue weighted by Crippen LogP contribution is -2.31. The second kappa shape index (κ2) is 7.63. The van der Waals surface area contributed by atoms with Crippen LogP contribution >= 0.6 is 0 Å². The highest BCUT2D eigenvalue weighted by Gasteiger charge is 2.45. The van der Waals surface area contributed by atoms with Crippen LogP contribution in [-0.4, -0.2) is 28.4 Å². The Morgan fingerprint density at radius 1 is 1.17 bits per heavy atom. The van der Waals surface area contributed by atoms with Crippen molar-refractivity contribution in [1.29, 1.82) is 0 Å². The number of furan rings is 1. The molecule has 7 nitrogen and oxygen atoms in total. The number of rotatable bonds is 6. The van der Waals surface area contributed by atoms with Gasteiger partial charge in [-0.1, -0.05) is 6.07 Å². The van der Waals surface area contributed by atoms with E-state index in [0.29, 0.717) is 23.7 Å². The molecular formula is C22H18N2O5. The molecule has 3 aromatic rings. The number of ether oxygens (including phenoxy) is 1. The summed E-state index contributed by atoms with van der Waals surface area (Å²) < 4.78 is 10.6. The van der Waals surface area contributed by atoms with Crippen molar-refractivity contribution in [3.8, 4) is 5.75 Å². The Morgan fingerprint density at radius 2 is 1.97 bits per heavy atom. The number of nitrogens with zero attached hydrogens (tertiary/aromatic N) is 2. The van der Waals surface area contributed by atoms with Gasteiger partial charge in [-0.15, -0.1) is 0 Å². The monoisotopic (exact) mass is 390 g/mol. The summed E-state index contributed by atoms with van der Waals surface area (Å²) >= 11 is 0. The average Bonchev–Trinajstić information content (AvgIpc) is 3.37. The molecule has 1 amide bonds. The smallest absolute Gasteiger partial charge is 0.294 e. The molecule has 0 radical (unpaired) electrons. The Bertz CT molecular complexity index is 1060. The highest BCUT2D eigenvalue weighted by atomic mass is 16.5. The van der Waals surface area contributed by atoms with E-state index >= 15 is 0 Å². The minimum absolute atomic E-state index is 0.0359. The number of amides is 1. The number of carbonyl (C=O) groups is 2. The normalized spacial score (nSPS) is 16.4. The van der Waals surface area contributed by atoms with Gasteiger partial charge in [0.2, 0.25) is 5.78 Å². The van der Waals surface area contributed by atoms with Gasteiger partial charge in [0.25, 0.3) is 5.91 Å². The maximum atomic E-state index is 13.0. The van der Waals surface area contributed by atoms with Gasteiger partial charge in [-0.3, -0.25) is 19.5 Å². The van der Waals surface area contributed by atoms with E-state index in [9.17, 15) is 14.7 Å². The fourth-order valence-corrected chi connectivity index (χ4v) is 3.33. The molecule has 0 saturated heterocycles. The molecular weight excluding hydrogens is 372 g/mol. The SMILES string of the molecule is CCOc1ccc(N2C(=O)C(O)=C(C(=O)c3ccco3)C2c2ccccn2)cc1. The Kier molecular flexibility index (Phi) is 4.87. The summed E-state index contributed by atoms with van der Waals surface area (Å²) in [7, 11) is 0. The molecule has 4 rings (SSSR count). The van der Waals surface area contributed by atoms with E-state index in [1.807, 2.05) is 6.92 Å². The largest absolute Gasteiger partial charge is 0.503 e. The van der Waals surface area contributed by atoms with E-state index < -0.39 is 23.5 Å². The maximum Gasteiger partial charge on any atom is 0.294 e. The zero-order chi connectivity index (χ0) is 20.4. The summed E-state index contributed by atoms with van der Waals surface area (Å²) in [6, 6.07) is 14.2. The number of Topliss-reactive ketones (excluding diaryl/α,β-unsaturated/α-hetero) is 1. The zero-order valence-electron chi connectivity index (χ0n) is 15.6. The quantitative estimate of drug-likeness (QED) is 0.643. The Hall–Kier alpha value is -3.87. The van der Waals surface area contributed by atoms with E-state index in [1.165, 1.54) is 17.2 Å². The molecule has 0 spiro atoms. The predicted molar refractivity (Wildman–Crippen MR) is 105 cm³/mol. The first-order valence-electron chi connectivity index (χ1n) is 9.10. The number of aromatic nitrogens is 1. The van der Waals surface area contributed by atoms with Gasteiger partial charge < -0.3 is 14.3 Å². The molecule has 1 aliphatic heterocycles. The second-order valence-electron chi connectivity index (χ2n) is 6.33. The van der Waals surface area contributed by atoms with Gasteiger partial charge in [-0.2, -0.15) is 0 Å². The van der Waals surface area contributed by atoms with Crippen LogP contribution in [0.2, 0.25) is 0 Å². The van der Waals surface area contributed by atoms with Gasteiger partial charge in [-0.05, 0) is 55.5 Å². The van der Waals surface area contributed by atoms with Crippen LogP contribution in [0.15, 0.2) is 82.8 Å². The fraction of sp³-hybridized carbons (Fsp3) is 0.136. The van der Waals surface area contributed by atoms with Crippen molar-refractivity contribution < 1.29 is 23.8 Å². The third-order valence-corrected chi connectivity index (χ3v) is 4.59. The third kappa shape index (κ3) is 3.27. The number of anilines is 1. The summed E-state index contributed by atoms with van der Waals surface area (Å²) in [4.78, 5) is 31.7. The number of hydrogen-bond donors (Lipinski definition) is 1. The topological polar surface area (TPSA) is 92.9 Å². The molecule has 1 aromatic carbocycles. The minimum atomic E-state index is -0.890. The number of ketones is 1. The second-order valence-corrected chi connectivity index (χ2v) is 6.33. The number of hydrogen-bond acceptors (Lipinski definition) is 6. The molecule has 0 bridgehead atoms. The minimum Gasteiger partial charge on any atom is -0.503 e. The van der Waals surface area contributed by atoms with Crippen molar-refractivity contribution in [2.24, 2.45) is 0 Å². The first-order valence-corrected chi connectivity index (χ1v) is 9.10. The van der Waals surface area contributed by atoms with E-state index in [4.69, 9.17) is 9.15 Å². The average molecular weight is 390 g/mol. The molecule has 0 fully saturated rings. The molecule has 0 saturated carbocycles. The van der Waals surface area contributed by atoms with Crippen LogP contribution in [0.1, 0.15) is 29.2 Å². The summed E-state index contributed by atoms with van der Waals surface area (Å²) in [5.41, 5.74) is 0.883. The standard InChI is InChI=1S/C22H18N2O5/c1-2-28-15-10-8-14(9-11-15)24-19(16-6-3-4-12-23-16)18(21(26)22(24)27)20(25)17-7-5-13-29-17/h3-13,19,26H,2H2,1H3.